The molecule has 9 heteroatoms. The van der Waals surface area contributed by atoms with Crippen LogP contribution in [-0.4, -0.2) is 55.7 Å². The van der Waals surface area contributed by atoms with E-state index in [0.29, 0.717) is 36.6 Å². The fourth-order valence-corrected chi connectivity index (χ4v) is 5.32. The second-order valence-corrected chi connectivity index (χ2v) is 9.82. The van der Waals surface area contributed by atoms with Crippen molar-refractivity contribution in [2.75, 3.05) is 49.8 Å². The summed E-state index contributed by atoms with van der Waals surface area (Å²) in [5, 5.41) is 5.41. The molecule has 2 N–H and O–H groups in total. The normalized spacial score (nSPS) is 18.0. The third-order valence-electron chi connectivity index (χ3n) is 7.13. The summed E-state index contributed by atoms with van der Waals surface area (Å²) in [6, 6.07) is 17.7. The van der Waals surface area contributed by atoms with Gasteiger partial charge >= 0.3 is 6.03 Å². The van der Waals surface area contributed by atoms with E-state index in [1.165, 1.54) is 7.11 Å². The molecule has 2 atom stereocenters. The Labute approximate surface area is 215 Å². The van der Waals surface area contributed by atoms with Gasteiger partial charge in [-0.15, -0.1) is 0 Å². The van der Waals surface area contributed by atoms with Crippen LogP contribution < -0.4 is 25.8 Å². The number of urea groups is 1. The molecular formula is C28H31N5O4. The third kappa shape index (κ3) is 4.89. The van der Waals surface area contributed by atoms with E-state index >= 15 is 0 Å². The highest BCUT2D eigenvalue weighted by atomic mass is 16.5. The molecule has 0 spiro atoms. The van der Waals surface area contributed by atoms with E-state index in [9.17, 15) is 14.4 Å². The fourth-order valence-electron chi connectivity index (χ4n) is 5.32. The van der Waals surface area contributed by atoms with Crippen LogP contribution in [0.4, 0.5) is 21.9 Å². The predicted octanol–water partition coefficient (Wildman–Crippen LogP) is 3.83. The number of fused-ring (bicyclic) bond motifs is 4. The molecule has 2 aliphatic heterocycles. The van der Waals surface area contributed by atoms with Gasteiger partial charge in [-0.2, -0.15) is 0 Å². The number of aromatic nitrogens is 1. The van der Waals surface area contributed by atoms with Crippen LogP contribution in [0.15, 0.2) is 65.5 Å². The molecule has 3 heterocycles. The van der Waals surface area contributed by atoms with Crippen LogP contribution in [0.1, 0.15) is 28.4 Å². The number of carbonyl (C=O) groups is 2. The molecule has 1 fully saturated rings. The maximum Gasteiger partial charge on any atom is 0.323 e. The number of pyridine rings is 1. The number of para-hydroxylation sites is 2. The van der Waals surface area contributed by atoms with Gasteiger partial charge in [0.2, 0.25) is 0 Å². The molecule has 1 aromatic heterocycles. The van der Waals surface area contributed by atoms with Gasteiger partial charge in [-0.1, -0.05) is 12.1 Å². The average molecular weight is 502 g/mol. The Hall–Kier alpha value is -4.27. The maximum atomic E-state index is 13.3. The van der Waals surface area contributed by atoms with Crippen LogP contribution in [0.3, 0.4) is 0 Å². The summed E-state index contributed by atoms with van der Waals surface area (Å²) in [5.41, 5.74) is 3.10. The lowest BCUT2D eigenvalue weighted by molar-refractivity contribution is 0.0594. The minimum Gasteiger partial charge on any atom is -0.495 e. The average Bonchev–Trinajstić information content (AvgIpc) is 2.90. The molecule has 37 heavy (non-hydrogen) atoms. The quantitative estimate of drug-likeness (QED) is 0.554. The lowest BCUT2D eigenvalue weighted by Crippen LogP contribution is -2.49. The highest BCUT2D eigenvalue weighted by molar-refractivity contribution is 6.00. The summed E-state index contributed by atoms with van der Waals surface area (Å²) in [4.78, 5) is 43.0. The number of hydrogen-bond acceptors (Lipinski definition) is 5. The lowest BCUT2D eigenvalue weighted by atomic mass is 9.83. The van der Waals surface area contributed by atoms with E-state index in [4.69, 9.17) is 4.74 Å². The topological polar surface area (TPSA) is 95.9 Å². The van der Waals surface area contributed by atoms with Gasteiger partial charge in [-0.05, 0) is 60.9 Å². The molecule has 0 radical (unpaired) electrons. The number of methoxy groups -OCH3 is 1. The second-order valence-electron chi connectivity index (χ2n) is 9.82. The van der Waals surface area contributed by atoms with Crippen LogP contribution in [-0.2, 0) is 6.54 Å². The molecule has 5 rings (SSSR count). The van der Waals surface area contributed by atoms with E-state index < -0.39 is 6.03 Å². The first kappa shape index (κ1) is 24.4. The number of likely N-dealkylation sites (tertiary alicyclic amines) is 1. The minimum atomic E-state index is -0.518. The first-order chi connectivity index (χ1) is 17.8. The van der Waals surface area contributed by atoms with Crippen molar-refractivity contribution < 1.29 is 14.3 Å². The van der Waals surface area contributed by atoms with Gasteiger partial charge in [0.15, 0.2) is 0 Å². The predicted molar refractivity (Wildman–Crippen MR) is 144 cm³/mol. The molecule has 2 aliphatic rings. The van der Waals surface area contributed by atoms with E-state index in [1.54, 1.807) is 28.8 Å². The third-order valence-corrected chi connectivity index (χ3v) is 7.13. The first-order valence-electron chi connectivity index (χ1n) is 12.4. The molecule has 2 bridgehead atoms. The number of rotatable bonds is 5. The Bertz CT molecular complexity index is 1380. The SMILES string of the molecule is COc1ccccc1NC(=O)Nc1ccc2n(c1=O)C[C@H]1C[C@@H]2CN(C(=O)c2ccc(N(C)C)cc2)C1. The largest absolute Gasteiger partial charge is 0.495 e. The molecule has 0 saturated carbocycles. The van der Waals surface area contributed by atoms with E-state index in [-0.39, 0.29) is 29.0 Å². The Balaban J connectivity index is 1.31. The number of hydrogen-bond donors (Lipinski definition) is 2. The summed E-state index contributed by atoms with van der Waals surface area (Å²) in [6.07, 6.45) is 0.934. The Morgan fingerprint density at radius 2 is 1.65 bits per heavy atom. The van der Waals surface area contributed by atoms with Gasteiger partial charge < -0.3 is 29.7 Å². The molecule has 1 saturated heterocycles. The van der Waals surface area contributed by atoms with Crippen molar-refractivity contribution in [3.8, 4) is 5.75 Å². The van der Waals surface area contributed by atoms with Gasteiger partial charge in [0.05, 0.1) is 12.8 Å². The number of ether oxygens (including phenoxy) is 1. The second kappa shape index (κ2) is 10.0. The summed E-state index contributed by atoms with van der Waals surface area (Å²) in [6.45, 7) is 1.67. The summed E-state index contributed by atoms with van der Waals surface area (Å²) in [5.74, 6) is 0.788. The molecule has 0 aliphatic carbocycles. The highest BCUT2D eigenvalue weighted by Gasteiger charge is 2.37. The summed E-state index contributed by atoms with van der Waals surface area (Å²) >= 11 is 0. The maximum absolute atomic E-state index is 13.3. The van der Waals surface area contributed by atoms with Crippen LogP contribution >= 0.6 is 0 Å². The molecule has 2 aromatic carbocycles. The van der Waals surface area contributed by atoms with Crippen molar-refractivity contribution in [1.29, 1.82) is 0 Å². The Morgan fingerprint density at radius 1 is 0.919 bits per heavy atom. The number of nitrogens with zero attached hydrogens (tertiary/aromatic N) is 3. The highest BCUT2D eigenvalue weighted by Crippen LogP contribution is 2.36. The fraction of sp³-hybridized carbons (Fsp3) is 0.321. The number of amides is 3. The minimum absolute atomic E-state index is 0.0158. The molecular weight excluding hydrogens is 470 g/mol. The van der Waals surface area contributed by atoms with E-state index in [0.717, 1.165) is 17.8 Å². The lowest BCUT2D eigenvalue weighted by Gasteiger charge is -2.43. The number of benzene rings is 2. The van der Waals surface area contributed by atoms with Crippen molar-refractivity contribution >= 4 is 29.0 Å². The van der Waals surface area contributed by atoms with Crippen LogP contribution in [0.25, 0.3) is 0 Å². The number of anilines is 3. The Morgan fingerprint density at radius 3 is 2.38 bits per heavy atom. The van der Waals surface area contributed by atoms with Crippen LogP contribution in [0.5, 0.6) is 5.75 Å². The van der Waals surface area contributed by atoms with Crippen molar-refractivity contribution in [3.05, 3.63) is 82.3 Å². The smallest absolute Gasteiger partial charge is 0.323 e. The summed E-state index contributed by atoms with van der Waals surface area (Å²) < 4.78 is 7.02. The Kier molecular flexibility index (Phi) is 6.60. The van der Waals surface area contributed by atoms with Crippen LogP contribution in [0, 0.1) is 5.92 Å². The first-order valence-corrected chi connectivity index (χ1v) is 12.4. The van der Waals surface area contributed by atoms with Crippen molar-refractivity contribution in [2.24, 2.45) is 5.92 Å². The number of carbonyl (C=O) groups excluding carboxylic acids is 2. The molecule has 0 unspecified atom stereocenters. The van der Waals surface area contributed by atoms with E-state index in [2.05, 4.69) is 10.6 Å². The molecule has 3 amide bonds. The number of piperidine rings is 1. The zero-order chi connectivity index (χ0) is 26.1. The van der Waals surface area contributed by atoms with Crippen LogP contribution in [0.2, 0.25) is 0 Å². The molecule has 3 aromatic rings. The monoisotopic (exact) mass is 501 g/mol. The van der Waals surface area contributed by atoms with Crippen molar-refractivity contribution in [3.63, 3.8) is 0 Å². The number of nitrogens with one attached hydrogen (secondary N) is 2. The van der Waals surface area contributed by atoms with Gasteiger partial charge in [-0.25, -0.2) is 4.79 Å². The van der Waals surface area contributed by atoms with Gasteiger partial charge in [0, 0.05) is 56.6 Å². The zero-order valence-corrected chi connectivity index (χ0v) is 21.2. The molecule has 192 valence electrons. The van der Waals surface area contributed by atoms with Gasteiger partial charge in [0.1, 0.15) is 11.4 Å². The van der Waals surface area contributed by atoms with Crippen molar-refractivity contribution in [2.45, 2.75) is 18.9 Å². The van der Waals surface area contributed by atoms with Crippen molar-refractivity contribution in [1.82, 2.24) is 9.47 Å². The standard InChI is InChI=1S/C28H31N5O4/c1-31(2)21-10-8-19(9-11-21)26(34)32-15-18-14-20(17-32)24-13-12-23(27(35)33(24)16-18)30-28(36)29-22-6-4-5-7-25(22)37-3/h4-13,18,20H,14-17H2,1-3H3,(H2,29,30,36)/t18-,20+/m0/s1. The zero-order valence-electron chi connectivity index (χ0n) is 21.2. The summed E-state index contributed by atoms with van der Waals surface area (Å²) in [7, 11) is 5.46. The van der Waals surface area contributed by atoms with E-state index in [1.807, 2.05) is 60.3 Å². The molecule has 9 nitrogen and oxygen atoms in total. The van der Waals surface area contributed by atoms with Gasteiger partial charge in [0.25, 0.3) is 11.5 Å². The van der Waals surface area contributed by atoms with Gasteiger partial charge in [-0.3, -0.25) is 9.59 Å².